The Labute approximate surface area is 190 Å². The van der Waals surface area contributed by atoms with Crippen molar-refractivity contribution in [3.8, 4) is 0 Å². The van der Waals surface area contributed by atoms with Crippen molar-refractivity contribution in [2.24, 2.45) is 4.99 Å². The minimum absolute atomic E-state index is 0. The number of benzene rings is 2. The van der Waals surface area contributed by atoms with E-state index in [-0.39, 0.29) is 36.0 Å². The number of ether oxygens (including phenoxy) is 1. The highest BCUT2D eigenvalue weighted by atomic mass is 127. The minimum Gasteiger partial charge on any atom is -0.374 e. The Morgan fingerprint density at radius 3 is 2.17 bits per heavy atom. The lowest BCUT2D eigenvalue weighted by Gasteiger charge is -2.15. The monoisotopic (exact) mass is 510 g/mol. The molecule has 1 unspecified atom stereocenters. The predicted molar refractivity (Wildman–Crippen MR) is 129 cm³/mol. The fraction of sp³-hybridized carbons (Fsp3) is 0.364. The minimum atomic E-state index is -0.0740. The molecule has 0 fully saturated rings. The van der Waals surface area contributed by atoms with E-state index in [0.717, 1.165) is 13.0 Å². The second kappa shape index (κ2) is 14.8. The Kier molecular flexibility index (Phi) is 12.7. The molecule has 3 N–H and O–H groups in total. The van der Waals surface area contributed by atoms with Gasteiger partial charge in [-0.05, 0) is 31.0 Å². The molecule has 1 amide bonds. The van der Waals surface area contributed by atoms with Crippen molar-refractivity contribution < 1.29 is 9.53 Å². The van der Waals surface area contributed by atoms with Crippen LogP contribution in [0.5, 0.6) is 0 Å². The molecule has 0 saturated carbocycles. The Balaban J connectivity index is 0.00000420. The molecule has 7 heteroatoms. The summed E-state index contributed by atoms with van der Waals surface area (Å²) in [5, 5.41) is 9.31. The summed E-state index contributed by atoms with van der Waals surface area (Å²) in [4.78, 5) is 16.1. The first-order valence-electron chi connectivity index (χ1n) is 9.65. The first kappa shape index (κ1) is 24.9. The van der Waals surface area contributed by atoms with Gasteiger partial charge in [0, 0.05) is 38.9 Å². The summed E-state index contributed by atoms with van der Waals surface area (Å²) in [6.45, 7) is 4.61. The summed E-state index contributed by atoms with van der Waals surface area (Å²) in [6, 6.07) is 19.4. The molecule has 0 saturated heterocycles. The summed E-state index contributed by atoms with van der Waals surface area (Å²) in [5.74, 6) is 0.639. The van der Waals surface area contributed by atoms with E-state index in [1.54, 1.807) is 19.2 Å². The summed E-state index contributed by atoms with van der Waals surface area (Å²) in [5.41, 5.74) is 1.85. The van der Waals surface area contributed by atoms with Gasteiger partial charge in [0.2, 0.25) is 0 Å². The maximum atomic E-state index is 12.0. The number of carbonyl (C=O) groups excluding carboxylic acids is 1. The number of amides is 1. The van der Waals surface area contributed by atoms with Crippen molar-refractivity contribution in [2.75, 3.05) is 33.3 Å². The number of nitrogens with one attached hydrogen (secondary N) is 3. The van der Waals surface area contributed by atoms with Gasteiger partial charge in [-0.2, -0.15) is 0 Å². The number of hydrogen-bond acceptors (Lipinski definition) is 3. The number of aliphatic imine (C=N–C) groups is 1. The van der Waals surface area contributed by atoms with E-state index in [4.69, 9.17) is 4.74 Å². The topological polar surface area (TPSA) is 74.8 Å². The number of guanidine groups is 1. The third-order valence-electron chi connectivity index (χ3n) is 4.21. The van der Waals surface area contributed by atoms with Crippen LogP contribution in [-0.2, 0) is 4.74 Å². The van der Waals surface area contributed by atoms with Crippen molar-refractivity contribution in [1.29, 1.82) is 0 Å². The van der Waals surface area contributed by atoms with E-state index in [9.17, 15) is 4.79 Å². The SMILES string of the molecule is CN=C(NCCCOC(C)c1ccccc1)NCCNC(=O)c1ccccc1.I. The molecule has 158 valence electrons. The molecule has 0 aliphatic rings. The van der Waals surface area contributed by atoms with Crippen LogP contribution in [-0.4, -0.2) is 45.2 Å². The highest BCUT2D eigenvalue weighted by Gasteiger charge is 2.05. The molecule has 2 aromatic rings. The zero-order valence-electron chi connectivity index (χ0n) is 17.1. The normalized spacial score (nSPS) is 11.9. The van der Waals surface area contributed by atoms with Gasteiger partial charge >= 0.3 is 0 Å². The molecule has 29 heavy (non-hydrogen) atoms. The number of hydrogen-bond donors (Lipinski definition) is 3. The van der Waals surface area contributed by atoms with Crippen LogP contribution < -0.4 is 16.0 Å². The average Bonchev–Trinajstić information content (AvgIpc) is 2.75. The van der Waals surface area contributed by atoms with Crippen LogP contribution in [0.4, 0.5) is 0 Å². The maximum absolute atomic E-state index is 12.0. The molecule has 0 radical (unpaired) electrons. The zero-order valence-corrected chi connectivity index (χ0v) is 19.4. The van der Waals surface area contributed by atoms with Gasteiger partial charge in [0.05, 0.1) is 6.10 Å². The third-order valence-corrected chi connectivity index (χ3v) is 4.21. The van der Waals surface area contributed by atoms with Crippen LogP contribution >= 0.6 is 24.0 Å². The van der Waals surface area contributed by atoms with Crippen molar-refractivity contribution in [3.63, 3.8) is 0 Å². The molecule has 0 bridgehead atoms. The smallest absolute Gasteiger partial charge is 0.251 e. The largest absolute Gasteiger partial charge is 0.374 e. The lowest BCUT2D eigenvalue weighted by Crippen LogP contribution is -2.42. The fourth-order valence-electron chi connectivity index (χ4n) is 2.63. The van der Waals surface area contributed by atoms with E-state index < -0.39 is 0 Å². The summed E-state index contributed by atoms with van der Waals surface area (Å²) >= 11 is 0. The average molecular weight is 510 g/mol. The quantitative estimate of drug-likeness (QED) is 0.198. The highest BCUT2D eigenvalue weighted by molar-refractivity contribution is 14.0. The molecule has 0 spiro atoms. The molecule has 0 aromatic heterocycles. The molecule has 2 aromatic carbocycles. The molecule has 0 heterocycles. The first-order chi connectivity index (χ1) is 13.7. The Morgan fingerprint density at radius 2 is 1.52 bits per heavy atom. The van der Waals surface area contributed by atoms with E-state index in [1.807, 2.05) is 36.4 Å². The van der Waals surface area contributed by atoms with Crippen LogP contribution in [0.3, 0.4) is 0 Å². The Hall–Kier alpha value is -2.13. The van der Waals surface area contributed by atoms with Crippen molar-refractivity contribution in [2.45, 2.75) is 19.4 Å². The second-order valence-electron chi connectivity index (χ2n) is 6.32. The molecular weight excluding hydrogens is 479 g/mol. The molecular formula is C22H31IN4O2. The van der Waals surface area contributed by atoms with Gasteiger partial charge in [0.25, 0.3) is 5.91 Å². The van der Waals surface area contributed by atoms with Crippen LogP contribution in [0.1, 0.15) is 35.4 Å². The van der Waals surface area contributed by atoms with Crippen LogP contribution in [0.25, 0.3) is 0 Å². The van der Waals surface area contributed by atoms with Crippen molar-refractivity contribution in [1.82, 2.24) is 16.0 Å². The number of halogens is 1. The van der Waals surface area contributed by atoms with Gasteiger partial charge in [-0.1, -0.05) is 48.5 Å². The van der Waals surface area contributed by atoms with Crippen LogP contribution in [0.15, 0.2) is 65.7 Å². The number of rotatable bonds is 10. The van der Waals surface area contributed by atoms with Crippen LogP contribution in [0, 0.1) is 0 Å². The van der Waals surface area contributed by atoms with Gasteiger partial charge in [0.1, 0.15) is 0 Å². The lowest BCUT2D eigenvalue weighted by atomic mass is 10.1. The van der Waals surface area contributed by atoms with Crippen molar-refractivity contribution >= 4 is 35.8 Å². The van der Waals surface area contributed by atoms with E-state index in [2.05, 4.69) is 40.0 Å². The van der Waals surface area contributed by atoms with E-state index in [0.29, 0.717) is 31.2 Å². The fourth-order valence-corrected chi connectivity index (χ4v) is 2.63. The Bertz CT molecular complexity index is 726. The number of carbonyl (C=O) groups is 1. The van der Waals surface area contributed by atoms with Gasteiger partial charge < -0.3 is 20.7 Å². The zero-order chi connectivity index (χ0) is 20.0. The molecule has 6 nitrogen and oxygen atoms in total. The number of nitrogens with zero attached hydrogens (tertiary/aromatic N) is 1. The van der Waals surface area contributed by atoms with Crippen LogP contribution in [0.2, 0.25) is 0 Å². The second-order valence-corrected chi connectivity index (χ2v) is 6.32. The predicted octanol–water partition coefficient (Wildman–Crippen LogP) is 3.37. The highest BCUT2D eigenvalue weighted by Crippen LogP contribution is 2.15. The lowest BCUT2D eigenvalue weighted by molar-refractivity contribution is 0.0646. The third kappa shape index (κ3) is 9.76. The van der Waals surface area contributed by atoms with Gasteiger partial charge in [0.15, 0.2) is 5.96 Å². The Morgan fingerprint density at radius 1 is 0.931 bits per heavy atom. The maximum Gasteiger partial charge on any atom is 0.251 e. The molecule has 2 rings (SSSR count). The molecule has 0 aliphatic heterocycles. The van der Waals surface area contributed by atoms with E-state index in [1.165, 1.54) is 5.56 Å². The summed E-state index contributed by atoms with van der Waals surface area (Å²) in [6.07, 6.45) is 0.967. The summed E-state index contributed by atoms with van der Waals surface area (Å²) < 4.78 is 5.86. The molecule has 0 aliphatic carbocycles. The first-order valence-corrected chi connectivity index (χ1v) is 9.65. The van der Waals surface area contributed by atoms with Gasteiger partial charge in [-0.25, -0.2) is 0 Å². The van der Waals surface area contributed by atoms with Gasteiger partial charge in [-0.3, -0.25) is 9.79 Å². The molecule has 1 atom stereocenters. The standard InChI is InChI=1S/C22H30N4O2.HI/c1-18(19-10-5-3-6-11-19)28-17-9-14-25-22(23-2)26-16-15-24-21(27)20-12-7-4-8-13-20;/h3-8,10-13,18H,9,14-17H2,1-2H3,(H,24,27)(H2,23,25,26);1H. The van der Waals surface area contributed by atoms with E-state index >= 15 is 0 Å². The summed E-state index contributed by atoms with van der Waals surface area (Å²) in [7, 11) is 1.73. The van der Waals surface area contributed by atoms with Crippen molar-refractivity contribution in [3.05, 3.63) is 71.8 Å². The van der Waals surface area contributed by atoms with Gasteiger partial charge in [-0.15, -0.1) is 24.0 Å².